The first-order valence-electron chi connectivity index (χ1n) is 7.56. The van der Waals surface area contributed by atoms with Gasteiger partial charge >= 0.3 is 0 Å². The number of nitrogens with zero attached hydrogens (tertiary/aromatic N) is 3. The van der Waals surface area contributed by atoms with E-state index in [9.17, 15) is 15.4 Å². The van der Waals surface area contributed by atoms with Crippen LogP contribution in [0.1, 0.15) is 17.0 Å². The number of nitrogens with one attached hydrogen (secondary N) is 1. The largest absolute Gasteiger partial charge is 0.337 e. The number of imidazole rings is 1. The Kier molecular flexibility index (Phi) is 4.40. The lowest BCUT2D eigenvalue weighted by atomic mass is 10.1. The van der Waals surface area contributed by atoms with Crippen LogP contribution in [-0.4, -0.2) is 14.9 Å². The van der Waals surface area contributed by atoms with Crippen molar-refractivity contribution in [2.24, 2.45) is 0 Å². The van der Waals surface area contributed by atoms with Gasteiger partial charge in [-0.05, 0) is 36.3 Å². The maximum atomic E-state index is 10.8. The second-order valence-electron chi connectivity index (χ2n) is 5.51. The number of aromatic nitrogens is 2. The molecule has 2 aromatic carbocycles. The quantitative estimate of drug-likeness (QED) is 0.332. The van der Waals surface area contributed by atoms with Crippen molar-refractivity contribution >= 4 is 28.4 Å². The average molecular weight is 330 g/mol. The summed E-state index contributed by atoms with van der Waals surface area (Å²) in [4.78, 5) is 17.9. The van der Waals surface area contributed by atoms with Crippen molar-refractivity contribution in [1.29, 1.82) is 5.26 Å². The molecule has 3 rings (SSSR count). The summed E-state index contributed by atoms with van der Waals surface area (Å²) in [7, 11) is 0. The summed E-state index contributed by atoms with van der Waals surface area (Å²) in [5.74, 6) is 0.492. The summed E-state index contributed by atoms with van der Waals surface area (Å²) in [6.07, 6.45) is 5.01. The van der Waals surface area contributed by atoms with E-state index in [1.807, 2.05) is 25.1 Å². The molecule has 6 heteroatoms. The minimum Gasteiger partial charge on any atom is -0.337 e. The first-order valence-corrected chi connectivity index (χ1v) is 7.56. The van der Waals surface area contributed by atoms with Crippen LogP contribution >= 0.6 is 0 Å². The third kappa shape index (κ3) is 3.62. The number of aromatic amines is 1. The second-order valence-corrected chi connectivity index (χ2v) is 5.51. The van der Waals surface area contributed by atoms with Crippen molar-refractivity contribution in [3.63, 3.8) is 0 Å². The molecule has 1 N–H and O–H groups in total. The zero-order chi connectivity index (χ0) is 17.8. The summed E-state index contributed by atoms with van der Waals surface area (Å²) in [6, 6.07) is 14.2. The number of allylic oxidation sites excluding steroid dienone is 3. The van der Waals surface area contributed by atoms with Crippen LogP contribution in [0.5, 0.6) is 0 Å². The molecule has 1 aromatic heterocycles. The van der Waals surface area contributed by atoms with Crippen molar-refractivity contribution in [3.8, 4) is 6.07 Å². The minimum absolute atomic E-state index is 0.0271. The Morgan fingerprint density at radius 2 is 2.16 bits per heavy atom. The van der Waals surface area contributed by atoms with Gasteiger partial charge in [-0.3, -0.25) is 10.1 Å². The minimum atomic E-state index is -0.440. The Morgan fingerprint density at radius 3 is 2.92 bits per heavy atom. The van der Waals surface area contributed by atoms with E-state index in [0.717, 1.165) is 16.6 Å². The molecule has 0 aliphatic rings. The third-order valence-corrected chi connectivity index (χ3v) is 3.65. The van der Waals surface area contributed by atoms with E-state index in [2.05, 4.69) is 16.0 Å². The van der Waals surface area contributed by atoms with Crippen LogP contribution in [0.25, 0.3) is 22.7 Å². The molecule has 0 radical (unpaired) electrons. The molecule has 0 atom stereocenters. The maximum absolute atomic E-state index is 10.8. The maximum Gasteiger partial charge on any atom is 0.270 e. The number of nitriles is 1. The molecule has 0 saturated carbocycles. The number of hydrogen-bond acceptors (Lipinski definition) is 4. The van der Waals surface area contributed by atoms with Gasteiger partial charge in [0.05, 0.1) is 21.5 Å². The van der Waals surface area contributed by atoms with E-state index in [1.165, 1.54) is 12.1 Å². The summed E-state index contributed by atoms with van der Waals surface area (Å²) in [6.45, 7) is 1.99. The number of rotatable bonds is 4. The molecule has 1 heterocycles. The van der Waals surface area contributed by atoms with Crippen LogP contribution in [0.3, 0.4) is 0 Å². The third-order valence-electron chi connectivity index (χ3n) is 3.65. The van der Waals surface area contributed by atoms with E-state index < -0.39 is 4.92 Å². The Morgan fingerprint density at radius 1 is 1.32 bits per heavy atom. The van der Waals surface area contributed by atoms with Crippen molar-refractivity contribution in [3.05, 3.63) is 81.7 Å². The summed E-state index contributed by atoms with van der Waals surface area (Å²) in [5, 5.41) is 20.2. The van der Waals surface area contributed by atoms with Gasteiger partial charge in [-0.1, -0.05) is 30.4 Å². The molecule has 0 saturated heterocycles. The van der Waals surface area contributed by atoms with Crippen LogP contribution in [0.4, 0.5) is 5.69 Å². The van der Waals surface area contributed by atoms with Gasteiger partial charge < -0.3 is 4.98 Å². The first kappa shape index (κ1) is 16.1. The van der Waals surface area contributed by atoms with Gasteiger partial charge in [-0.15, -0.1) is 0 Å². The molecule has 0 bridgehead atoms. The van der Waals surface area contributed by atoms with E-state index in [1.54, 1.807) is 30.4 Å². The average Bonchev–Trinajstić information content (AvgIpc) is 3.01. The number of benzene rings is 2. The molecule has 3 aromatic rings. The molecule has 6 nitrogen and oxygen atoms in total. The van der Waals surface area contributed by atoms with Crippen molar-refractivity contribution < 1.29 is 4.92 Å². The normalized spacial score (nSPS) is 11.8. The molecule has 25 heavy (non-hydrogen) atoms. The Bertz CT molecular complexity index is 1050. The molecule has 122 valence electrons. The van der Waals surface area contributed by atoms with E-state index in [4.69, 9.17) is 0 Å². The van der Waals surface area contributed by atoms with Gasteiger partial charge in [-0.2, -0.15) is 5.26 Å². The van der Waals surface area contributed by atoms with E-state index in [0.29, 0.717) is 17.0 Å². The van der Waals surface area contributed by atoms with Crippen molar-refractivity contribution in [1.82, 2.24) is 9.97 Å². The lowest BCUT2D eigenvalue weighted by molar-refractivity contribution is -0.384. The van der Waals surface area contributed by atoms with Gasteiger partial charge in [0, 0.05) is 12.1 Å². The molecule has 0 spiro atoms. The number of non-ortho nitro benzene ring substituents is 1. The first-order chi connectivity index (χ1) is 12.1. The van der Waals surface area contributed by atoms with Crippen LogP contribution in [-0.2, 0) is 0 Å². The lowest BCUT2D eigenvalue weighted by Crippen LogP contribution is -1.87. The number of H-pyrrole nitrogens is 1. The Hall–Kier alpha value is -3.72. The summed E-state index contributed by atoms with van der Waals surface area (Å²) < 4.78 is 0. The summed E-state index contributed by atoms with van der Waals surface area (Å²) in [5.41, 5.74) is 3.87. The van der Waals surface area contributed by atoms with Crippen molar-refractivity contribution in [2.75, 3.05) is 0 Å². The van der Waals surface area contributed by atoms with Gasteiger partial charge in [0.2, 0.25) is 0 Å². The fourth-order valence-corrected chi connectivity index (χ4v) is 2.42. The second kappa shape index (κ2) is 6.81. The predicted octanol–water partition coefficient (Wildman–Crippen LogP) is 4.40. The van der Waals surface area contributed by atoms with Crippen molar-refractivity contribution in [2.45, 2.75) is 6.92 Å². The highest BCUT2D eigenvalue weighted by Crippen LogP contribution is 2.19. The lowest BCUT2D eigenvalue weighted by Gasteiger charge is -1.94. The highest BCUT2D eigenvalue weighted by Gasteiger charge is 2.07. The molecule has 0 fully saturated rings. The summed E-state index contributed by atoms with van der Waals surface area (Å²) >= 11 is 0. The molecule has 0 amide bonds. The molecular weight excluding hydrogens is 316 g/mol. The monoisotopic (exact) mass is 330 g/mol. The van der Waals surface area contributed by atoms with Crippen LogP contribution in [0, 0.1) is 28.4 Å². The van der Waals surface area contributed by atoms with Crippen LogP contribution in [0.15, 0.2) is 54.6 Å². The van der Waals surface area contributed by atoms with Crippen LogP contribution < -0.4 is 0 Å². The molecular formula is C19H14N4O2. The van der Waals surface area contributed by atoms with Gasteiger partial charge in [-0.25, -0.2) is 4.98 Å². The number of aryl methyl sites for hydroxylation is 1. The number of hydrogen-bond donors (Lipinski definition) is 1. The standard InChI is InChI=1S/C19H14N4O2/c1-13-8-9-17-18(10-13)22-19(21-17)15(12-20)6-2-4-14-5-3-7-16(11-14)23(24)25/h2-11H,1H3,(H,21,22)/b4-2-,15-6-. The fourth-order valence-electron chi connectivity index (χ4n) is 2.42. The Labute approximate surface area is 143 Å². The van der Waals surface area contributed by atoms with E-state index >= 15 is 0 Å². The molecule has 0 unspecified atom stereocenters. The molecule has 0 aliphatic heterocycles. The Balaban J connectivity index is 1.88. The number of nitro groups is 1. The number of fused-ring (bicyclic) bond motifs is 1. The van der Waals surface area contributed by atoms with Gasteiger partial charge in [0.1, 0.15) is 11.9 Å². The SMILES string of the molecule is Cc1ccc2nc(/C(C#N)=C\C=C/c3cccc([N+](=O)[O-])c3)[nH]c2c1. The smallest absolute Gasteiger partial charge is 0.270 e. The van der Waals surface area contributed by atoms with Crippen LogP contribution in [0.2, 0.25) is 0 Å². The zero-order valence-electron chi connectivity index (χ0n) is 13.4. The van der Waals surface area contributed by atoms with Gasteiger partial charge in [0.25, 0.3) is 5.69 Å². The number of nitro benzene ring substituents is 1. The zero-order valence-corrected chi connectivity index (χ0v) is 13.4. The van der Waals surface area contributed by atoms with Gasteiger partial charge in [0.15, 0.2) is 0 Å². The van der Waals surface area contributed by atoms with E-state index in [-0.39, 0.29) is 5.69 Å². The fraction of sp³-hybridized carbons (Fsp3) is 0.0526. The topological polar surface area (TPSA) is 95.6 Å². The predicted molar refractivity (Wildman–Crippen MR) is 96.6 cm³/mol. The molecule has 0 aliphatic carbocycles. The highest BCUT2D eigenvalue weighted by atomic mass is 16.6. The highest BCUT2D eigenvalue weighted by molar-refractivity contribution is 5.83.